The number of amidine groups is 4. The number of hydrogen-bond acceptors (Lipinski definition) is 18. The van der Waals surface area contributed by atoms with Crippen molar-refractivity contribution in [3.8, 4) is 0 Å². The highest BCUT2D eigenvalue weighted by Crippen LogP contribution is 2.27. The molecule has 0 spiro atoms. The van der Waals surface area contributed by atoms with Gasteiger partial charge in [-0.15, -0.1) is 0 Å². The van der Waals surface area contributed by atoms with Crippen LogP contribution in [0.5, 0.6) is 0 Å². The number of aromatic nitrogens is 4. The van der Waals surface area contributed by atoms with Crippen molar-refractivity contribution in [1.29, 1.82) is 10.8 Å². The van der Waals surface area contributed by atoms with Crippen molar-refractivity contribution in [2.75, 3.05) is 42.5 Å². The van der Waals surface area contributed by atoms with Crippen LogP contribution in [0.1, 0.15) is 105 Å². The molecular formula is C80H58Br4F6N20O10. The number of para-hydroxylation sites is 2. The number of rotatable bonds is 20. The van der Waals surface area contributed by atoms with Crippen LogP contribution in [-0.2, 0) is 0 Å². The van der Waals surface area contributed by atoms with Gasteiger partial charge in [0.15, 0.2) is 11.7 Å². The first-order chi connectivity index (χ1) is 57.2. The molecule has 0 aliphatic carbocycles. The van der Waals surface area contributed by atoms with Gasteiger partial charge in [-0.3, -0.25) is 49.2 Å². The summed E-state index contributed by atoms with van der Waals surface area (Å²) in [6, 6.07) is 45.9. The summed E-state index contributed by atoms with van der Waals surface area (Å²) in [4.78, 5) is 117. The van der Waals surface area contributed by atoms with Gasteiger partial charge in [-0.25, -0.2) is 46.3 Å². The first-order valence-electron chi connectivity index (χ1n) is 33.8. The summed E-state index contributed by atoms with van der Waals surface area (Å²) in [6.45, 7) is 0. The molecular weight excluding hydrogens is 1830 g/mol. The standard InChI is InChI=1S/C20H14BrF2N5O3.C20H14BrF2N5O2.C20H15BrFN5O3.C20H15BrFN5O2/c21-11-2-6-17(25-9-11)27-20(30)14-8-12(22)3-5-16(14)26-19(29)13-4-1-10(7-15(13)23)18(24)28-31;21-11-2-6-17(26-9-11)28-20(30)14-8-12(22)3-5-16(14)27-19(29)13-4-1-10(18(24)25)7-15(13)23;21-12-6-8-17(24-10-12)26-20(29)14-3-1-2-4-16(14)25-19(28)13-7-5-11(9-15(13)22)18(23)27-30;21-12-6-8-17(25-10-12)27-20(29)14-3-1-2-4-16(14)26-19(28)13-7-5-11(18(23)24)9-15(13)22/h1-9,31H,(H2,24,28)(H,26,29)(H,25,27,30);1-9H,(H3,24,25)(H,27,29)(H,26,28,30);1-10,30H,(H2,23,27)(H,25,28)(H,24,26,29);1-10H,(H3,23,24)(H,26,28)(H,25,27,29). The summed E-state index contributed by atoms with van der Waals surface area (Å²) in [7, 11) is 0. The van der Waals surface area contributed by atoms with Gasteiger partial charge in [-0.05, 0) is 221 Å². The summed E-state index contributed by atoms with van der Waals surface area (Å²) >= 11 is 13.0. The van der Waals surface area contributed by atoms with Gasteiger partial charge in [0.25, 0.3) is 47.3 Å². The maximum absolute atomic E-state index is 14.3. The Morgan fingerprint density at radius 2 is 0.533 bits per heavy atom. The molecule has 0 unspecified atom stereocenters. The molecule has 8 amide bonds. The summed E-state index contributed by atoms with van der Waals surface area (Å²) in [6.07, 6.45) is 6.00. The predicted molar refractivity (Wildman–Crippen MR) is 450 cm³/mol. The molecule has 120 heavy (non-hydrogen) atoms. The summed E-state index contributed by atoms with van der Waals surface area (Å²) in [5, 5.41) is 57.6. The number of nitrogens with zero attached hydrogens (tertiary/aromatic N) is 6. The number of nitrogen functional groups attached to an aromatic ring is 2. The van der Waals surface area contributed by atoms with E-state index in [1.165, 1.54) is 110 Å². The number of halogens is 10. The molecule has 40 heteroatoms. The van der Waals surface area contributed by atoms with E-state index in [0.29, 0.717) is 20.6 Å². The van der Waals surface area contributed by atoms with Crippen LogP contribution in [0.3, 0.4) is 0 Å². The van der Waals surface area contributed by atoms with Crippen molar-refractivity contribution >= 4 is 180 Å². The molecule has 0 bridgehead atoms. The Hall–Kier alpha value is -14.9. The van der Waals surface area contributed by atoms with Crippen LogP contribution in [0.2, 0.25) is 0 Å². The molecule has 12 aromatic rings. The van der Waals surface area contributed by atoms with Crippen LogP contribution in [0.25, 0.3) is 0 Å². The molecule has 0 radical (unpaired) electrons. The Labute approximate surface area is 708 Å². The van der Waals surface area contributed by atoms with Crippen molar-refractivity contribution < 1.29 is 75.1 Å². The summed E-state index contributed by atoms with van der Waals surface area (Å²) < 4.78 is 87.6. The molecule has 0 saturated heterocycles. The third kappa shape index (κ3) is 24.6. The molecule has 20 N–H and O–H groups in total. The normalized spacial score (nSPS) is 10.7. The molecule has 30 nitrogen and oxygen atoms in total. The van der Waals surface area contributed by atoms with Crippen LogP contribution in [0.15, 0.2) is 259 Å². The Kier molecular flexibility index (Phi) is 30.9. The maximum atomic E-state index is 14.3. The monoisotopic (exact) mass is 1890 g/mol. The number of nitrogens with two attached hydrogens (primary N) is 4. The number of amides is 8. The number of benzene rings is 8. The van der Waals surface area contributed by atoms with Crippen LogP contribution in [0, 0.1) is 45.7 Å². The fourth-order valence-electron chi connectivity index (χ4n) is 10.1. The largest absolute Gasteiger partial charge is 0.409 e. The second kappa shape index (κ2) is 41.6. The van der Waals surface area contributed by atoms with Gasteiger partial charge in [0.2, 0.25) is 0 Å². The number of nitrogens with one attached hydrogen (secondary N) is 10. The molecule has 4 heterocycles. The lowest BCUT2D eigenvalue weighted by atomic mass is 10.1. The average molecular weight is 1890 g/mol. The van der Waals surface area contributed by atoms with E-state index < -0.39 is 82.2 Å². The molecule has 0 saturated carbocycles. The zero-order valence-electron chi connectivity index (χ0n) is 60.9. The van der Waals surface area contributed by atoms with Crippen LogP contribution in [-0.4, -0.2) is 101 Å². The number of oxime groups is 2. The first kappa shape index (κ1) is 89.0. The number of anilines is 8. The Bertz CT molecular complexity index is 6030. The molecule has 608 valence electrons. The van der Waals surface area contributed by atoms with Crippen LogP contribution >= 0.6 is 63.7 Å². The molecule has 8 aromatic carbocycles. The van der Waals surface area contributed by atoms with Gasteiger partial charge in [0.1, 0.15) is 69.8 Å². The van der Waals surface area contributed by atoms with Crippen LogP contribution < -0.4 is 65.5 Å². The van der Waals surface area contributed by atoms with E-state index in [1.54, 1.807) is 60.7 Å². The lowest BCUT2D eigenvalue weighted by Crippen LogP contribution is -2.20. The maximum Gasteiger partial charge on any atom is 0.259 e. The molecule has 4 aromatic heterocycles. The van der Waals surface area contributed by atoms with Gasteiger partial charge >= 0.3 is 0 Å². The number of carbonyl (C=O) groups excluding carboxylic acids is 8. The zero-order chi connectivity index (χ0) is 87.0. The van der Waals surface area contributed by atoms with E-state index in [2.05, 4.69) is 137 Å². The van der Waals surface area contributed by atoms with Gasteiger partial charge in [-0.2, -0.15) is 0 Å². The highest BCUT2D eigenvalue weighted by Gasteiger charge is 2.25. The number of pyridine rings is 4. The van der Waals surface area contributed by atoms with Crippen molar-refractivity contribution in [1.82, 2.24) is 19.9 Å². The van der Waals surface area contributed by atoms with Crippen molar-refractivity contribution in [2.24, 2.45) is 33.2 Å². The molecule has 0 fully saturated rings. The van der Waals surface area contributed by atoms with Crippen molar-refractivity contribution in [3.05, 3.63) is 351 Å². The zero-order valence-corrected chi connectivity index (χ0v) is 67.2. The van der Waals surface area contributed by atoms with Crippen LogP contribution in [0.4, 0.5) is 72.4 Å². The van der Waals surface area contributed by atoms with Gasteiger partial charge in [0, 0.05) is 64.9 Å². The summed E-state index contributed by atoms with van der Waals surface area (Å²) in [5.74, 6) is -10.8. The lowest BCUT2D eigenvalue weighted by molar-refractivity contribution is 0.100. The Morgan fingerprint density at radius 3 is 0.783 bits per heavy atom. The Balaban J connectivity index is 0.000000182. The van der Waals surface area contributed by atoms with Gasteiger partial charge in [0.05, 0.1) is 67.3 Å². The van der Waals surface area contributed by atoms with E-state index in [9.17, 15) is 64.7 Å². The summed E-state index contributed by atoms with van der Waals surface area (Å²) in [5.41, 5.74) is 21.1. The third-order valence-electron chi connectivity index (χ3n) is 15.9. The smallest absolute Gasteiger partial charge is 0.259 e. The SMILES string of the molecule is N/C(=N/O)c1ccc(C(=O)Nc2ccc(F)cc2C(=O)Nc2ccc(Br)cn2)c(F)c1.N/C(=N/O)c1ccc(C(=O)Nc2ccccc2C(=O)Nc2ccc(Br)cn2)c(F)c1.N=C(N)c1ccc(C(=O)Nc2ccc(F)cc2C(=O)Nc2ccc(Br)cn2)c(F)c1.N=C(N)c1ccc(C(=O)Nc2ccccc2C(=O)Nc2ccc(Br)cn2)c(F)c1. The molecule has 0 aliphatic rings. The molecule has 0 aliphatic heterocycles. The van der Waals surface area contributed by atoms with Gasteiger partial charge < -0.3 is 75.9 Å². The highest BCUT2D eigenvalue weighted by atomic mass is 79.9. The Morgan fingerprint density at radius 1 is 0.292 bits per heavy atom. The minimum atomic E-state index is -0.936. The number of carbonyl (C=O) groups is 8. The third-order valence-corrected chi connectivity index (χ3v) is 17.8. The lowest BCUT2D eigenvalue weighted by Gasteiger charge is -2.12. The van der Waals surface area contributed by atoms with E-state index in [-0.39, 0.29) is 124 Å². The fourth-order valence-corrected chi connectivity index (χ4v) is 11.0. The van der Waals surface area contributed by atoms with Gasteiger partial charge in [-0.1, -0.05) is 58.8 Å². The second-order valence-corrected chi connectivity index (χ2v) is 27.8. The van der Waals surface area contributed by atoms with Crippen molar-refractivity contribution in [3.63, 3.8) is 0 Å². The second-order valence-electron chi connectivity index (χ2n) is 24.1. The van der Waals surface area contributed by atoms with Crippen molar-refractivity contribution in [2.45, 2.75) is 0 Å². The first-order valence-corrected chi connectivity index (χ1v) is 37.0. The van der Waals surface area contributed by atoms with E-state index in [1.807, 2.05) is 0 Å². The highest BCUT2D eigenvalue weighted by molar-refractivity contribution is 9.11. The average Bonchev–Trinajstić information content (AvgIpc) is 0.805. The van der Waals surface area contributed by atoms with E-state index in [0.717, 1.165) is 69.6 Å². The minimum Gasteiger partial charge on any atom is -0.409 e. The predicted octanol–water partition coefficient (Wildman–Crippen LogP) is 15.0. The minimum absolute atomic E-state index is 0.0222. The quantitative estimate of drug-likeness (QED) is 0.0111. The molecule has 12 rings (SSSR count). The number of hydrogen-bond donors (Lipinski definition) is 16. The topological polar surface area (TPSA) is 501 Å². The van der Waals surface area contributed by atoms with E-state index in [4.69, 9.17) is 44.2 Å². The fraction of sp³-hybridized carbons (Fsp3) is 0. The molecule has 0 atom stereocenters. The van der Waals surface area contributed by atoms with E-state index >= 15 is 0 Å².